The molecule has 0 saturated carbocycles. The predicted molar refractivity (Wildman–Crippen MR) is 88.0 cm³/mol. The molecule has 0 amide bonds. The van der Waals surface area contributed by atoms with Gasteiger partial charge in [0.1, 0.15) is 5.75 Å². The van der Waals surface area contributed by atoms with Crippen molar-refractivity contribution in [2.75, 3.05) is 0 Å². The van der Waals surface area contributed by atoms with Crippen LogP contribution in [0.4, 0.5) is 4.39 Å². The van der Waals surface area contributed by atoms with Crippen LogP contribution in [0.2, 0.25) is 10.0 Å². The quantitative estimate of drug-likeness (QED) is 0.540. The van der Waals surface area contributed by atoms with Crippen molar-refractivity contribution >= 4 is 35.1 Å². The van der Waals surface area contributed by atoms with Gasteiger partial charge in [-0.05, 0) is 36.8 Å². The predicted octanol–water partition coefficient (Wildman–Crippen LogP) is 4.81. The average molecular weight is 371 g/mol. The molecule has 0 heterocycles. The second-order valence-corrected chi connectivity index (χ2v) is 5.65. The van der Waals surface area contributed by atoms with Crippen molar-refractivity contribution in [1.29, 1.82) is 0 Å². The second kappa shape index (κ2) is 8.66. The SMILES string of the molecule is O=C(CCCC(=O)Oc1c(F)cccc1Cl)Oc1cccc(Cl)c1. The van der Waals surface area contributed by atoms with E-state index in [1.165, 1.54) is 18.2 Å². The molecular formula is C17H13Cl2FO4. The fourth-order valence-corrected chi connectivity index (χ4v) is 2.22. The maximum absolute atomic E-state index is 13.5. The summed E-state index contributed by atoms with van der Waals surface area (Å²) in [6.45, 7) is 0. The average Bonchev–Trinajstić information content (AvgIpc) is 2.51. The molecule has 126 valence electrons. The van der Waals surface area contributed by atoms with Crippen LogP contribution < -0.4 is 9.47 Å². The highest BCUT2D eigenvalue weighted by atomic mass is 35.5. The molecule has 2 aromatic carbocycles. The number of carbonyl (C=O) groups is 2. The summed E-state index contributed by atoms with van der Waals surface area (Å²) in [6.07, 6.45) is 0.131. The fraction of sp³-hybridized carbons (Fsp3) is 0.176. The molecule has 0 radical (unpaired) electrons. The number of hydrogen-bond donors (Lipinski definition) is 0. The largest absolute Gasteiger partial charge is 0.426 e. The van der Waals surface area contributed by atoms with Crippen molar-refractivity contribution in [2.24, 2.45) is 0 Å². The molecule has 0 aliphatic heterocycles. The number of para-hydroxylation sites is 1. The van der Waals surface area contributed by atoms with E-state index in [2.05, 4.69) is 0 Å². The summed E-state index contributed by atoms with van der Waals surface area (Å²) in [6, 6.07) is 10.4. The van der Waals surface area contributed by atoms with Crippen LogP contribution in [-0.4, -0.2) is 11.9 Å². The van der Waals surface area contributed by atoms with E-state index in [-0.39, 0.29) is 30.0 Å². The molecule has 4 nitrogen and oxygen atoms in total. The summed E-state index contributed by atoms with van der Waals surface area (Å²) in [4.78, 5) is 23.4. The molecule has 2 aromatic rings. The molecule has 2 rings (SSSR count). The van der Waals surface area contributed by atoms with E-state index >= 15 is 0 Å². The zero-order valence-corrected chi connectivity index (χ0v) is 13.9. The Morgan fingerprint density at radius 1 is 0.958 bits per heavy atom. The molecule has 0 aromatic heterocycles. The van der Waals surface area contributed by atoms with E-state index in [4.69, 9.17) is 32.7 Å². The van der Waals surface area contributed by atoms with Gasteiger partial charge >= 0.3 is 11.9 Å². The first-order chi connectivity index (χ1) is 11.5. The summed E-state index contributed by atoms with van der Waals surface area (Å²) >= 11 is 11.5. The van der Waals surface area contributed by atoms with Crippen molar-refractivity contribution in [3.05, 3.63) is 58.3 Å². The first-order valence-electron chi connectivity index (χ1n) is 7.06. The first-order valence-corrected chi connectivity index (χ1v) is 7.82. The van der Waals surface area contributed by atoms with E-state index in [9.17, 15) is 14.0 Å². The Kier molecular flexibility index (Phi) is 6.58. The van der Waals surface area contributed by atoms with Crippen molar-refractivity contribution in [2.45, 2.75) is 19.3 Å². The molecule has 0 spiro atoms. The Hall–Kier alpha value is -2.11. The molecule has 0 aliphatic rings. The normalized spacial score (nSPS) is 10.3. The lowest BCUT2D eigenvalue weighted by Crippen LogP contribution is -2.12. The summed E-state index contributed by atoms with van der Waals surface area (Å²) in [7, 11) is 0. The minimum atomic E-state index is -0.726. The van der Waals surface area contributed by atoms with Gasteiger partial charge in [-0.15, -0.1) is 0 Å². The molecule has 0 N–H and O–H groups in total. The number of rotatable bonds is 6. The highest BCUT2D eigenvalue weighted by molar-refractivity contribution is 6.32. The topological polar surface area (TPSA) is 52.6 Å². The van der Waals surface area contributed by atoms with Crippen molar-refractivity contribution in [3.63, 3.8) is 0 Å². The van der Waals surface area contributed by atoms with Crippen LogP contribution in [0.15, 0.2) is 42.5 Å². The van der Waals surface area contributed by atoms with E-state index in [1.807, 2.05) is 0 Å². The summed E-state index contributed by atoms with van der Waals surface area (Å²) in [5, 5.41) is 0.453. The number of halogens is 3. The monoisotopic (exact) mass is 370 g/mol. The van der Waals surface area contributed by atoms with Crippen LogP contribution in [0.3, 0.4) is 0 Å². The highest BCUT2D eigenvalue weighted by Crippen LogP contribution is 2.27. The van der Waals surface area contributed by atoms with Gasteiger partial charge in [0.15, 0.2) is 11.6 Å². The van der Waals surface area contributed by atoms with Gasteiger partial charge in [0, 0.05) is 17.9 Å². The fourth-order valence-electron chi connectivity index (χ4n) is 1.83. The molecule has 0 aliphatic carbocycles. The van der Waals surface area contributed by atoms with Gasteiger partial charge in [-0.2, -0.15) is 0 Å². The maximum atomic E-state index is 13.5. The summed E-state index contributed by atoms with van der Waals surface area (Å²) in [5.41, 5.74) is 0. The van der Waals surface area contributed by atoms with Crippen molar-refractivity contribution in [3.8, 4) is 11.5 Å². The van der Waals surface area contributed by atoms with Gasteiger partial charge in [-0.3, -0.25) is 9.59 Å². The number of benzene rings is 2. The second-order valence-electron chi connectivity index (χ2n) is 4.81. The van der Waals surface area contributed by atoms with Crippen LogP contribution in [0.1, 0.15) is 19.3 Å². The molecular weight excluding hydrogens is 358 g/mol. The van der Waals surface area contributed by atoms with Gasteiger partial charge in [0.05, 0.1) is 5.02 Å². The molecule has 0 fully saturated rings. The van der Waals surface area contributed by atoms with Gasteiger partial charge in [-0.25, -0.2) is 4.39 Å². The summed E-state index contributed by atoms with van der Waals surface area (Å²) < 4.78 is 23.4. The van der Waals surface area contributed by atoms with Gasteiger partial charge < -0.3 is 9.47 Å². The molecule has 0 unspecified atom stereocenters. The minimum Gasteiger partial charge on any atom is -0.426 e. The lowest BCUT2D eigenvalue weighted by atomic mass is 10.2. The van der Waals surface area contributed by atoms with E-state index in [0.717, 1.165) is 6.07 Å². The lowest BCUT2D eigenvalue weighted by molar-refractivity contribution is -0.136. The zero-order chi connectivity index (χ0) is 17.5. The number of ether oxygens (including phenoxy) is 2. The number of esters is 2. The van der Waals surface area contributed by atoms with Crippen LogP contribution >= 0.6 is 23.2 Å². The third-order valence-corrected chi connectivity index (χ3v) is 3.46. The Bertz CT molecular complexity index is 729. The smallest absolute Gasteiger partial charge is 0.311 e. The lowest BCUT2D eigenvalue weighted by Gasteiger charge is -2.07. The van der Waals surface area contributed by atoms with Crippen LogP contribution in [-0.2, 0) is 9.59 Å². The Labute approximate surface area is 148 Å². The van der Waals surface area contributed by atoms with Crippen molar-refractivity contribution < 1.29 is 23.5 Å². The molecule has 0 atom stereocenters. The van der Waals surface area contributed by atoms with Crippen LogP contribution in [0, 0.1) is 5.82 Å². The highest BCUT2D eigenvalue weighted by Gasteiger charge is 2.14. The molecule has 7 heteroatoms. The number of hydrogen-bond acceptors (Lipinski definition) is 4. The maximum Gasteiger partial charge on any atom is 0.311 e. The summed E-state index contributed by atoms with van der Waals surface area (Å²) in [5.74, 6) is -1.90. The Morgan fingerprint density at radius 2 is 1.62 bits per heavy atom. The Morgan fingerprint density at radius 3 is 2.29 bits per heavy atom. The molecule has 0 saturated heterocycles. The van der Waals surface area contributed by atoms with Gasteiger partial charge in [0.25, 0.3) is 0 Å². The van der Waals surface area contributed by atoms with Crippen molar-refractivity contribution in [1.82, 2.24) is 0 Å². The van der Waals surface area contributed by atoms with Crippen LogP contribution in [0.5, 0.6) is 11.5 Å². The third kappa shape index (κ3) is 5.51. The van der Waals surface area contributed by atoms with E-state index < -0.39 is 17.8 Å². The third-order valence-electron chi connectivity index (χ3n) is 2.92. The van der Waals surface area contributed by atoms with E-state index in [0.29, 0.717) is 10.8 Å². The van der Waals surface area contributed by atoms with Crippen LogP contribution in [0.25, 0.3) is 0 Å². The number of carbonyl (C=O) groups excluding carboxylic acids is 2. The minimum absolute atomic E-state index is 0.00344. The molecule has 0 bridgehead atoms. The van der Waals surface area contributed by atoms with E-state index in [1.54, 1.807) is 18.2 Å². The zero-order valence-electron chi connectivity index (χ0n) is 12.4. The first kappa shape index (κ1) is 18.2. The van der Waals surface area contributed by atoms with Gasteiger partial charge in [0.2, 0.25) is 0 Å². The van der Waals surface area contributed by atoms with Gasteiger partial charge in [-0.1, -0.05) is 35.3 Å². The molecule has 24 heavy (non-hydrogen) atoms. The Balaban J connectivity index is 1.77. The standard InChI is InChI=1S/C17H13Cl2FO4/c18-11-4-1-5-12(10-11)23-15(21)8-3-9-16(22)24-17-13(19)6-2-7-14(17)20/h1-2,4-7,10H,3,8-9H2.